The second-order valence-corrected chi connectivity index (χ2v) is 6.63. The van der Waals surface area contributed by atoms with Crippen LogP contribution in [0.25, 0.3) is 0 Å². The SMILES string of the molecule is CCN(CC)CCOC1CCN(C(=O)[C@@H]2CCC[C@@H]2CN)C1.Cl.Cl. The highest BCUT2D eigenvalue weighted by Crippen LogP contribution is 2.33. The van der Waals surface area contributed by atoms with Gasteiger partial charge in [0, 0.05) is 25.6 Å². The Labute approximate surface area is 159 Å². The van der Waals surface area contributed by atoms with Gasteiger partial charge in [0.15, 0.2) is 0 Å². The lowest BCUT2D eigenvalue weighted by Crippen LogP contribution is -2.38. The molecule has 24 heavy (non-hydrogen) atoms. The number of nitrogens with two attached hydrogens (primary N) is 1. The number of ether oxygens (including phenoxy) is 1. The molecule has 144 valence electrons. The van der Waals surface area contributed by atoms with E-state index in [-0.39, 0.29) is 36.8 Å². The minimum atomic E-state index is 0. The predicted octanol–water partition coefficient (Wildman–Crippen LogP) is 2.16. The lowest BCUT2D eigenvalue weighted by atomic mass is 9.95. The van der Waals surface area contributed by atoms with Gasteiger partial charge in [0.1, 0.15) is 0 Å². The van der Waals surface area contributed by atoms with E-state index >= 15 is 0 Å². The third-order valence-corrected chi connectivity index (χ3v) is 5.39. The molecule has 1 amide bonds. The first kappa shape index (κ1) is 23.9. The molecule has 0 spiro atoms. The van der Waals surface area contributed by atoms with E-state index in [0.29, 0.717) is 18.4 Å². The van der Waals surface area contributed by atoms with Crippen molar-refractivity contribution in [1.29, 1.82) is 0 Å². The van der Waals surface area contributed by atoms with Gasteiger partial charge in [0.25, 0.3) is 0 Å². The van der Waals surface area contributed by atoms with Crippen LogP contribution in [-0.4, -0.2) is 67.7 Å². The summed E-state index contributed by atoms with van der Waals surface area (Å²) >= 11 is 0. The molecule has 3 atom stereocenters. The summed E-state index contributed by atoms with van der Waals surface area (Å²) in [5.41, 5.74) is 5.81. The van der Waals surface area contributed by atoms with Gasteiger partial charge < -0.3 is 20.3 Å². The fraction of sp³-hybridized carbons (Fsp3) is 0.941. The zero-order valence-corrected chi connectivity index (χ0v) is 16.7. The molecule has 7 heteroatoms. The third kappa shape index (κ3) is 6.34. The fourth-order valence-electron chi connectivity index (χ4n) is 3.83. The molecule has 1 aliphatic carbocycles. The maximum absolute atomic E-state index is 12.6. The molecule has 0 bridgehead atoms. The van der Waals surface area contributed by atoms with E-state index in [1.165, 1.54) is 0 Å². The number of hydrogen-bond acceptors (Lipinski definition) is 4. The van der Waals surface area contributed by atoms with E-state index in [2.05, 4.69) is 18.7 Å². The van der Waals surface area contributed by atoms with Crippen LogP contribution in [0.3, 0.4) is 0 Å². The van der Waals surface area contributed by atoms with Gasteiger partial charge in [-0.1, -0.05) is 20.3 Å². The Hall–Kier alpha value is -0.0700. The number of rotatable bonds is 8. The maximum atomic E-state index is 12.6. The van der Waals surface area contributed by atoms with Crippen LogP contribution in [0.5, 0.6) is 0 Å². The number of carbonyl (C=O) groups is 1. The summed E-state index contributed by atoms with van der Waals surface area (Å²) < 4.78 is 5.97. The van der Waals surface area contributed by atoms with Crippen molar-refractivity contribution in [3.8, 4) is 0 Å². The molecule has 5 nitrogen and oxygen atoms in total. The number of amides is 1. The number of likely N-dealkylation sites (tertiary alicyclic amines) is 1. The fourth-order valence-corrected chi connectivity index (χ4v) is 3.83. The Morgan fingerprint density at radius 3 is 2.54 bits per heavy atom. The summed E-state index contributed by atoms with van der Waals surface area (Å²) in [4.78, 5) is 17.0. The number of halogens is 2. The molecule has 1 aliphatic heterocycles. The average molecular weight is 384 g/mol. The molecule has 2 rings (SSSR count). The minimum Gasteiger partial charge on any atom is -0.375 e. The molecule has 1 heterocycles. The third-order valence-electron chi connectivity index (χ3n) is 5.39. The summed E-state index contributed by atoms with van der Waals surface area (Å²) in [5.74, 6) is 0.886. The van der Waals surface area contributed by atoms with Crippen molar-refractivity contribution in [2.45, 2.75) is 45.6 Å². The summed E-state index contributed by atoms with van der Waals surface area (Å²) in [6.45, 7) is 10.5. The summed E-state index contributed by atoms with van der Waals surface area (Å²) in [6.07, 6.45) is 4.48. The minimum absolute atomic E-state index is 0. The topological polar surface area (TPSA) is 58.8 Å². The van der Waals surface area contributed by atoms with Crippen molar-refractivity contribution in [2.75, 3.05) is 45.9 Å². The Kier molecular flexibility index (Phi) is 12.3. The van der Waals surface area contributed by atoms with Crippen LogP contribution in [0.2, 0.25) is 0 Å². The van der Waals surface area contributed by atoms with E-state index in [0.717, 1.165) is 65.0 Å². The Bertz CT molecular complexity index is 357. The van der Waals surface area contributed by atoms with Gasteiger partial charge in [0.05, 0.1) is 12.7 Å². The maximum Gasteiger partial charge on any atom is 0.226 e. The van der Waals surface area contributed by atoms with Crippen LogP contribution in [0.15, 0.2) is 0 Å². The van der Waals surface area contributed by atoms with Crippen molar-refractivity contribution in [3.05, 3.63) is 0 Å². The van der Waals surface area contributed by atoms with Gasteiger partial charge in [-0.3, -0.25) is 4.79 Å². The number of hydrogen-bond donors (Lipinski definition) is 1. The first-order chi connectivity index (χ1) is 10.7. The molecule has 1 saturated heterocycles. The lowest BCUT2D eigenvalue weighted by molar-refractivity contribution is -0.136. The molecule has 1 unspecified atom stereocenters. The van der Waals surface area contributed by atoms with Gasteiger partial charge in [0.2, 0.25) is 5.91 Å². The highest BCUT2D eigenvalue weighted by Gasteiger charge is 2.37. The summed E-state index contributed by atoms with van der Waals surface area (Å²) in [5, 5.41) is 0. The normalized spacial score (nSPS) is 26.3. The molecular weight excluding hydrogens is 349 g/mol. The molecule has 2 fully saturated rings. The highest BCUT2D eigenvalue weighted by atomic mass is 35.5. The standard InChI is InChI=1S/C17H33N3O2.2ClH/c1-3-19(4-2)10-11-22-15-8-9-20(13-15)17(21)16-7-5-6-14(16)12-18;;/h14-16H,3-13,18H2,1-2H3;2*1H/t14-,15?,16-;;/m1../s1. The summed E-state index contributed by atoms with van der Waals surface area (Å²) in [6, 6.07) is 0. The second kappa shape index (κ2) is 12.3. The Morgan fingerprint density at radius 1 is 1.21 bits per heavy atom. The molecule has 0 aromatic heterocycles. The van der Waals surface area contributed by atoms with Crippen LogP contribution < -0.4 is 5.73 Å². The van der Waals surface area contributed by atoms with E-state index in [1.54, 1.807) is 0 Å². The van der Waals surface area contributed by atoms with Crippen molar-refractivity contribution < 1.29 is 9.53 Å². The Balaban J connectivity index is 0.00000264. The number of nitrogens with zero attached hydrogens (tertiary/aromatic N) is 2. The van der Waals surface area contributed by atoms with Gasteiger partial charge in [-0.05, 0) is 44.8 Å². The predicted molar refractivity (Wildman–Crippen MR) is 103 cm³/mol. The molecular formula is C17H35Cl2N3O2. The largest absolute Gasteiger partial charge is 0.375 e. The van der Waals surface area contributed by atoms with Gasteiger partial charge in [-0.15, -0.1) is 24.8 Å². The highest BCUT2D eigenvalue weighted by molar-refractivity contribution is 5.85. The summed E-state index contributed by atoms with van der Waals surface area (Å²) in [7, 11) is 0. The van der Waals surface area contributed by atoms with Crippen LogP contribution >= 0.6 is 24.8 Å². The average Bonchev–Trinajstić information content (AvgIpc) is 3.19. The van der Waals surface area contributed by atoms with Crippen molar-refractivity contribution in [2.24, 2.45) is 17.6 Å². The monoisotopic (exact) mass is 383 g/mol. The van der Waals surface area contributed by atoms with Gasteiger partial charge >= 0.3 is 0 Å². The van der Waals surface area contributed by atoms with Crippen molar-refractivity contribution >= 4 is 30.7 Å². The molecule has 0 aromatic carbocycles. The molecule has 2 aliphatic rings. The lowest BCUT2D eigenvalue weighted by Gasteiger charge is -2.24. The van der Waals surface area contributed by atoms with Gasteiger partial charge in [-0.2, -0.15) is 0 Å². The van der Waals surface area contributed by atoms with E-state index in [9.17, 15) is 4.79 Å². The van der Waals surface area contributed by atoms with Crippen molar-refractivity contribution in [1.82, 2.24) is 9.80 Å². The first-order valence-electron chi connectivity index (χ1n) is 9.02. The van der Waals surface area contributed by atoms with Gasteiger partial charge in [-0.25, -0.2) is 0 Å². The molecule has 1 saturated carbocycles. The molecule has 0 radical (unpaired) electrons. The number of carbonyl (C=O) groups excluding carboxylic acids is 1. The smallest absolute Gasteiger partial charge is 0.226 e. The van der Waals surface area contributed by atoms with E-state index < -0.39 is 0 Å². The van der Waals surface area contributed by atoms with E-state index in [4.69, 9.17) is 10.5 Å². The van der Waals surface area contributed by atoms with Crippen LogP contribution in [0, 0.1) is 11.8 Å². The molecule has 0 aromatic rings. The number of likely N-dealkylation sites (N-methyl/N-ethyl adjacent to an activating group) is 1. The van der Waals surface area contributed by atoms with E-state index in [1.807, 2.05) is 4.90 Å². The quantitative estimate of drug-likeness (QED) is 0.697. The molecule has 2 N–H and O–H groups in total. The van der Waals surface area contributed by atoms with Crippen molar-refractivity contribution in [3.63, 3.8) is 0 Å². The van der Waals surface area contributed by atoms with Crippen LogP contribution in [0.4, 0.5) is 0 Å². The zero-order valence-electron chi connectivity index (χ0n) is 15.1. The zero-order chi connectivity index (χ0) is 15.9. The Morgan fingerprint density at radius 2 is 1.92 bits per heavy atom. The second-order valence-electron chi connectivity index (χ2n) is 6.63. The first-order valence-corrected chi connectivity index (χ1v) is 9.02. The van der Waals surface area contributed by atoms with Crippen LogP contribution in [-0.2, 0) is 9.53 Å². The van der Waals surface area contributed by atoms with Crippen LogP contribution in [0.1, 0.15) is 39.5 Å².